The first kappa shape index (κ1) is 14.7. The molecule has 0 fully saturated rings. The van der Waals surface area contributed by atoms with Crippen LogP contribution in [-0.2, 0) is 0 Å². The number of nitrogens with one attached hydrogen (secondary N) is 1. The van der Waals surface area contributed by atoms with Gasteiger partial charge in [-0.15, -0.1) is 0 Å². The molecule has 3 rings (SSSR count). The van der Waals surface area contributed by atoms with Crippen LogP contribution in [0, 0.1) is 0 Å². The van der Waals surface area contributed by atoms with Crippen LogP contribution >= 0.6 is 15.9 Å². The summed E-state index contributed by atoms with van der Waals surface area (Å²) in [4.78, 5) is 16.6. The Labute approximate surface area is 136 Å². The van der Waals surface area contributed by atoms with Gasteiger partial charge in [0.25, 0.3) is 5.91 Å². The first-order chi connectivity index (χ1) is 10.7. The minimum absolute atomic E-state index is 0.0294. The van der Waals surface area contributed by atoms with E-state index in [0.717, 1.165) is 16.5 Å². The van der Waals surface area contributed by atoms with Crippen molar-refractivity contribution < 1.29 is 4.79 Å². The zero-order valence-corrected chi connectivity index (χ0v) is 13.6. The first-order valence-corrected chi connectivity index (χ1v) is 7.83. The van der Waals surface area contributed by atoms with Gasteiger partial charge in [0.2, 0.25) is 0 Å². The Morgan fingerprint density at radius 3 is 2.86 bits per heavy atom. The lowest BCUT2D eigenvalue weighted by molar-refractivity contribution is 0.0930. The van der Waals surface area contributed by atoms with E-state index in [9.17, 15) is 4.79 Å². The average Bonchev–Trinajstić information content (AvgIpc) is 2.96. The normalized spacial score (nSPS) is 12.3. The molecule has 2 heterocycles. The van der Waals surface area contributed by atoms with Crippen molar-refractivity contribution in [1.29, 1.82) is 0 Å². The number of fused-ring (bicyclic) bond motifs is 1. The third-order valence-electron chi connectivity index (χ3n) is 3.43. The van der Waals surface area contributed by atoms with Gasteiger partial charge >= 0.3 is 0 Å². The Hall–Kier alpha value is -2.21. The van der Waals surface area contributed by atoms with Crippen molar-refractivity contribution in [2.75, 3.05) is 0 Å². The SMILES string of the molecule is CC[C@H](NC(=O)c1cc2ncc(Br)cn2n1)c1ccccc1. The molecule has 2 aromatic heterocycles. The average molecular weight is 359 g/mol. The molecule has 1 aromatic carbocycles. The summed E-state index contributed by atoms with van der Waals surface area (Å²) in [6, 6.07) is 11.6. The maximum atomic E-state index is 12.4. The van der Waals surface area contributed by atoms with Gasteiger partial charge in [0.05, 0.1) is 10.5 Å². The summed E-state index contributed by atoms with van der Waals surface area (Å²) in [5.74, 6) is -0.197. The minimum atomic E-state index is -0.197. The molecule has 0 aliphatic carbocycles. The van der Waals surface area contributed by atoms with E-state index in [2.05, 4.69) is 31.3 Å². The highest BCUT2D eigenvalue weighted by molar-refractivity contribution is 9.10. The van der Waals surface area contributed by atoms with Crippen molar-refractivity contribution in [3.05, 3.63) is 64.5 Å². The third kappa shape index (κ3) is 3.01. The monoisotopic (exact) mass is 358 g/mol. The highest BCUT2D eigenvalue weighted by Gasteiger charge is 2.16. The van der Waals surface area contributed by atoms with Crippen LogP contribution in [0.3, 0.4) is 0 Å². The van der Waals surface area contributed by atoms with Crippen molar-refractivity contribution in [3.8, 4) is 0 Å². The van der Waals surface area contributed by atoms with Gasteiger partial charge in [-0.3, -0.25) is 4.79 Å². The zero-order valence-electron chi connectivity index (χ0n) is 12.0. The Balaban J connectivity index is 1.83. The molecule has 112 valence electrons. The predicted octanol–water partition coefficient (Wildman–Crippen LogP) is 3.37. The molecule has 5 nitrogen and oxygen atoms in total. The molecule has 0 radical (unpaired) electrons. The van der Waals surface area contributed by atoms with Crippen LogP contribution in [0.4, 0.5) is 0 Å². The zero-order chi connectivity index (χ0) is 15.5. The summed E-state index contributed by atoms with van der Waals surface area (Å²) < 4.78 is 2.40. The summed E-state index contributed by atoms with van der Waals surface area (Å²) in [5.41, 5.74) is 2.09. The number of rotatable bonds is 4. The van der Waals surface area contributed by atoms with Gasteiger partial charge in [0.1, 0.15) is 0 Å². The summed E-state index contributed by atoms with van der Waals surface area (Å²) in [6.45, 7) is 2.04. The lowest BCUT2D eigenvalue weighted by Gasteiger charge is -2.16. The van der Waals surface area contributed by atoms with E-state index < -0.39 is 0 Å². The molecule has 1 N–H and O–H groups in total. The van der Waals surface area contributed by atoms with Crippen LogP contribution < -0.4 is 5.32 Å². The van der Waals surface area contributed by atoms with Gasteiger partial charge in [-0.2, -0.15) is 5.10 Å². The molecule has 0 saturated carbocycles. The molecular weight excluding hydrogens is 344 g/mol. The van der Waals surface area contributed by atoms with Crippen molar-refractivity contribution in [2.45, 2.75) is 19.4 Å². The van der Waals surface area contributed by atoms with Crippen LogP contribution in [0.2, 0.25) is 0 Å². The molecule has 0 saturated heterocycles. The van der Waals surface area contributed by atoms with Gasteiger partial charge < -0.3 is 5.32 Å². The summed E-state index contributed by atoms with van der Waals surface area (Å²) in [5, 5.41) is 7.29. The van der Waals surface area contributed by atoms with Crippen LogP contribution in [0.25, 0.3) is 5.65 Å². The maximum absolute atomic E-state index is 12.4. The van der Waals surface area contributed by atoms with Crippen molar-refractivity contribution in [1.82, 2.24) is 19.9 Å². The fraction of sp³-hybridized carbons (Fsp3) is 0.188. The lowest BCUT2D eigenvalue weighted by Crippen LogP contribution is -2.28. The minimum Gasteiger partial charge on any atom is -0.344 e. The smallest absolute Gasteiger partial charge is 0.272 e. The number of carbonyl (C=O) groups excluding carboxylic acids is 1. The summed E-state index contributed by atoms with van der Waals surface area (Å²) in [6.07, 6.45) is 4.26. The van der Waals surface area contributed by atoms with Crippen molar-refractivity contribution >= 4 is 27.5 Å². The van der Waals surface area contributed by atoms with E-state index in [1.54, 1.807) is 23.0 Å². The number of amides is 1. The Morgan fingerprint density at radius 1 is 1.36 bits per heavy atom. The Morgan fingerprint density at radius 2 is 2.14 bits per heavy atom. The number of halogens is 1. The standard InChI is InChI=1S/C16H15BrN4O/c1-2-13(11-6-4-3-5-7-11)19-16(22)14-8-15-18-9-12(17)10-21(15)20-14/h3-10,13H,2H2,1H3,(H,19,22)/t13-/m0/s1. The predicted molar refractivity (Wildman–Crippen MR) is 87.6 cm³/mol. The van der Waals surface area contributed by atoms with Gasteiger partial charge in [0, 0.05) is 18.5 Å². The molecule has 0 aliphatic rings. The van der Waals surface area contributed by atoms with Gasteiger partial charge in [0.15, 0.2) is 11.3 Å². The first-order valence-electron chi connectivity index (χ1n) is 7.04. The van der Waals surface area contributed by atoms with E-state index in [-0.39, 0.29) is 11.9 Å². The fourth-order valence-electron chi connectivity index (χ4n) is 2.30. The molecular formula is C16H15BrN4O. The van der Waals surface area contributed by atoms with E-state index >= 15 is 0 Å². The van der Waals surface area contributed by atoms with Crippen LogP contribution in [0.5, 0.6) is 0 Å². The van der Waals surface area contributed by atoms with Gasteiger partial charge in [-0.05, 0) is 27.9 Å². The molecule has 0 unspecified atom stereocenters. The fourth-order valence-corrected chi connectivity index (χ4v) is 2.60. The number of carbonyl (C=O) groups is 1. The Bertz CT molecular complexity index is 800. The second-order valence-corrected chi connectivity index (χ2v) is 5.87. The van der Waals surface area contributed by atoms with E-state index in [0.29, 0.717) is 11.3 Å². The van der Waals surface area contributed by atoms with Crippen molar-refractivity contribution in [3.63, 3.8) is 0 Å². The molecule has 3 aromatic rings. The van der Waals surface area contributed by atoms with Gasteiger partial charge in [-0.25, -0.2) is 9.50 Å². The molecule has 1 atom stereocenters. The quantitative estimate of drug-likeness (QED) is 0.777. The molecule has 0 spiro atoms. The highest BCUT2D eigenvalue weighted by Crippen LogP contribution is 2.17. The molecule has 0 aliphatic heterocycles. The molecule has 22 heavy (non-hydrogen) atoms. The number of hydrogen-bond donors (Lipinski definition) is 1. The van der Waals surface area contributed by atoms with E-state index in [4.69, 9.17) is 0 Å². The Kier molecular flexibility index (Phi) is 4.20. The highest BCUT2D eigenvalue weighted by atomic mass is 79.9. The summed E-state index contributed by atoms with van der Waals surface area (Å²) >= 11 is 3.34. The van der Waals surface area contributed by atoms with Gasteiger partial charge in [-0.1, -0.05) is 37.3 Å². The topological polar surface area (TPSA) is 59.3 Å². The second kappa shape index (κ2) is 6.27. The number of hydrogen-bond acceptors (Lipinski definition) is 3. The summed E-state index contributed by atoms with van der Waals surface area (Å²) in [7, 11) is 0. The number of benzene rings is 1. The number of aromatic nitrogens is 3. The van der Waals surface area contributed by atoms with E-state index in [1.165, 1.54) is 0 Å². The van der Waals surface area contributed by atoms with E-state index in [1.807, 2.05) is 37.3 Å². The van der Waals surface area contributed by atoms with Crippen LogP contribution in [-0.4, -0.2) is 20.5 Å². The maximum Gasteiger partial charge on any atom is 0.272 e. The van der Waals surface area contributed by atoms with Crippen molar-refractivity contribution in [2.24, 2.45) is 0 Å². The molecule has 6 heteroatoms. The largest absolute Gasteiger partial charge is 0.344 e. The molecule has 1 amide bonds. The third-order valence-corrected chi connectivity index (χ3v) is 3.84. The molecule has 0 bridgehead atoms. The van der Waals surface area contributed by atoms with Crippen LogP contribution in [0.1, 0.15) is 35.4 Å². The second-order valence-electron chi connectivity index (χ2n) is 4.95. The lowest BCUT2D eigenvalue weighted by atomic mass is 10.0. The number of nitrogens with zero attached hydrogens (tertiary/aromatic N) is 3. The van der Waals surface area contributed by atoms with Crippen LogP contribution in [0.15, 0.2) is 53.3 Å².